The summed E-state index contributed by atoms with van der Waals surface area (Å²) in [6.07, 6.45) is 1.79. The lowest BCUT2D eigenvalue weighted by molar-refractivity contribution is 0.0697. The molecule has 0 aliphatic rings. The summed E-state index contributed by atoms with van der Waals surface area (Å²) in [5.74, 6) is -2.37. The largest absolute Gasteiger partial charge is 0.478 e. The van der Waals surface area contributed by atoms with E-state index in [1.165, 1.54) is 30.3 Å². The second-order valence-corrected chi connectivity index (χ2v) is 5.77. The number of anilines is 1. The summed E-state index contributed by atoms with van der Waals surface area (Å²) < 4.78 is 12.7. The van der Waals surface area contributed by atoms with Crippen LogP contribution in [0.1, 0.15) is 26.4 Å². The maximum Gasteiger partial charge on any atom is 0.335 e. The van der Waals surface area contributed by atoms with Crippen LogP contribution in [0.25, 0.3) is 0 Å². The number of nitrogens with zero attached hydrogens (tertiary/aromatic N) is 1. The van der Waals surface area contributed by atoms with Gasteiger partial charge in [0.25, 0.3) is 5.91 Å². The smallest absolute Gasteiger partial charge is 0.335 e. The van der Waals surface area contributed by atoms with Gasteiger partial charge in [-0.15, -0.1) is 0 Å². The number of nitrogens with one attached hydrogen (secondary N) is 2. The van der Waals surface area contributed by atoms with Crippen molar-refractivity contribution in [2.24, 2.45) is 0 Å². The number of pyridine rings is 1. The highest BCUT2D eigenvalue weighted by atomic mass is 19.1. The molecular weight excluding hydrogens is 377 g/mol. The van der Waals surface area contributed by atoms with E-state index in [9.17, 15) is 18.8 Å². The van der Waals surface area contributed by atoms with Gasteiger partial charge < -0.3 is 10.4 Å². The van der Waals surface area contributed by atoms with E-state index >= 15 is 0 Å². The number of benzene rings is 2. The zero-order valence-corrected chi connectivity index (χ0v) is 15.4. The van der Waals surface area contributed by atoms with Gasteiger partial charge in [0.1, 0.15) is 5.82 Å². The first-order chi connectivity index (χ1) is 13.8. The molecule has 3 amide bonds. The Morgan fingerprint density at radius 1 is 0.931 bits per heavy atom. The molecule has 0 aliphatic carbocycles. The zero-order chi connectivity index (χ0) is 21.2. The molecule has 0 atom stereocenters. The first-order valence-corrected chi connectivity index (χ1v) is 8.44. The normalized spacial score (nSPS) is 9.59. The standard InChI is InChI=1S/C15H11FN2O4.C6H7N/c16-11-4-6-12(7-5-11)17-15(22)18-13(19)9-2-1-3-10(8-9)14(20)21;1-6-4-2-3-5-7-6/h1-8H,(H,20,21)(H2,17,18,19,22);2-5H,1H3. The number of carboxylic acids is 1. The summed E-state index contributed by atoms with van der Waals surface area (Å²) in [5, 5.41) is 13.3. The summed E-state index contributed by atoms with van der Waals surface area (Å²) in [6.45, 7) is 1.97. The number of aromatic nitrogens is 1. The van der Waals surface area contributed by atoms with Gasteiger partial charge in [0.05, 0.1) is 5.56 Å². The third-order valence-corrected chi connectivity index (χ3v) is 3.51. The number of carboxylic acid groups (broad SMARTS) is 1. The number of urea groups is 1. The number of aryl methyl sites for hydroxylation is 1. The van der Waals surface area contributed by atoms with Crippen LogP contribution in [0.15, 0.2) is 72.9 Å². The van der Waals surface area contributed by atoms with Crippen molar-refractivity contribution in [2.45, 2.75) is 6.92 Å². The van der Waals surface area contributed by atoms with E-state index in [-0.39, 0.29) is 11.1 Å². The Labute approximate surface area is 166 Å². The van der Waals surface area contributed by atoms with Gasteiger partial charge in [-0.25, -0.2) is 14.0 Å². The van der Waals surface area contributed by atoms with Crippen molar-refractivity contribution >= 4 is 23.6 Å². The highest BCUT2D eigenvalue weighted by Gasteiger charge is 2.12. The summed E-state index contributed by atoms with van der Waals surface area (Å²) in [4.78, 5) is 38.3. The molecule has 3 rings (SSSR count). The van der Waals surface area contributed by atoms with Gasteiger partial charge in [0, 0.05) is 23.1 Å². The number of amides is 3. The van der Waals surface area contributed by atoms with Gasteiger partial charge in [-0.1, -0.05) is 12.1 Å². The monoisotopic (exact) mass is 395 g/mol. The quantitative estimate of drug-likeness (QED) is 0.624. The lowest BCUT2D eigenvalue weighted by Crippen LogP contribution is -2.34. The van der Waals surface area contributed by atoms with E-state index in [0.717, 1.165) is 23.9 Å². The highest BCUT2D eigenvalue weighted by Crippen LogP contribution is 2.08. The van der Waals surface area contributed by atoms with Crippen molar-refractivity contribution < 1.29 is 23.9 Å². The van der Waals surface area contributed by atoms with E-state index < -0.39 is 23.7 Å². The Morgan fingerprint density at radius 2 is 1.62 bits per heavy atom. The molecular formula is C21H18FN3O4. The van der Waals surface area contributed by atoms with Gasteiger partial charge in [-0.2, -0.15) is 0 Å². The number of imide groups is 1. The molecule has 0 bridgehead atoms. The number of aromatic carboxylic acids is 1. The van der Waals surface area contributed by atoms with Gasteiger partial charge in [-0.3, -0.25) is 15.1 Å². The van der Waals surface area contributed by atoms with Gasteiger partial charge in [0.15, 0.2) is 0 Å². The molecule has 7 nitrogen and oxygen atoms in total. The van der Waals surface area contributed by atoms with Gasteiger partial charge in [0.2, 0.25) is 0 Å². The Morgan fingerprint density at radius 3 is 2.17 bits per heavy atom. The minimum atomic E-state index is -1.18. The van der Waals surface area contributed by atoms with Crippen molar-refractivity contribution in [1.29, 1.82) is 0 Å². The topological polar surface area (TPSA) is 108 Å². The Hall–Kier alpha value is -4.07. The molecule has 0 saturated carbocycles. The SMILES string of the molecule is Cc1ccccn1.O=C(NC(=O)c1cccc(C(=O)O)c1)Nc1ccc(F)cc1. The Balaban J connectivity index is 0.000000360. The van der Waals surface area contributed by atoms with E-state index in [4.69, 9.17) is 5.11 Å². The van der Waals surface area contributed by atoms with E-state index in [1.54, 1.807) is 6.20 Å². The second-order valence-electron chi connectivity index (χ2n) is 5.77. The number of hydrogen-bond acceptors (Lipinski definition) is 4. The van der Waals surface area contributed by atoms with Crippen LogP contribution in [0.3, 0.4) is 0 Å². The molecule has 148 valence electrons. The fourth-order valence-corrected chi connectivity index (χ4v) is 2.11. The molecule has 1 aromatic heterocycles. The number of rotatable bonds is 3. The van der Waals surface area contributed by atoms with Crippen LogP contribution in [-0.4, -0.2) is 28.0 Å². The van der Waals surface area contributed by atoms with E-state index in [1.807, 2.05) is 30.4 Å². The summed E-state index contributed by atoms with van der Waals surface area (Å²) in [5.41, 5.74) is 1.36. The van der Waals surface area contributed by atoms with Crippen molar-refractivity contribution in [3.05, 3.63) is 95.6 Å². The summed E-state index contributed by atoms with van der Waals surface area (Å²) in [6, 6.07) is 15.3. The second kappa shape index (κ2) is 10.3. The molecule has 8 heteroatoms. The first kappa shape index (κ1) is 21.2. The van der Waals surface area contributed by atoms with E-state index in [2.05, 4.69) is 10.3 Å². The third kappa shape index (κ3) is 7.22. The van der Waals surface area contributed by atoms with Crippen LogP contribution < -0.4 is 10.6 Å². The van der Waals surface area contributed by atoms with Crippen molar-refractivity contribution in [2.75, 3.05) is 5.32 Å². The molecule has 0 radical (unpaired) electrons. The van der Waals surface area contributed by atoms with Crippen LogP contribution in [0.4, 0.5) is 14.9 Å². The predicted molar refractivity (Wildman–Crippen MR) is 105 cm³/mol. The average molecular weight is 395 g/mol. The highest BCUT2D eigenvalue weighted by molar-refractivity contribution is 6.08. The Bertz CT molecular complexity index is 992. The number of halogens is 1. The molecule has 0 unspecified atom stereocenters. The van der Waals surface area contributed by atoms with Crippen molar-refractivity contribution in [3.63, 3.8) is 0 Å². The lowest BCUT2D eigenvalue weighted by Gasteiger charge is -2.07. The summed E-state index contributed by atoms with van der Waals surface area (Å²) in [7, 11) is 0. The molecule has 2 aromatic carbocycles. The zero-order valence-electron chi connectivity index (χ0n) is 15.4. The van der Waals surface area contributed by atoms with Crippen LogP contribution in [0.5, 0.6) is 0 Å². The van der Waals surface area contributed by atoms with Crippen LogP contribution in [0.2, 0.25) is 0 Å². The Kier molecular flexibility index (Phi) is 7.55. The molecule has 0 aliphatic heterocycles. The number of carbonyl (C=O) groups excluding carboxylic acids is 2. The predicted octanol–water partition coefficient (Wildman–Crippen LogP) is 3.88. The number of hydrogen-bond donors (Lipinski definition) is 3. The maximum absolute atomic E-state index is 12.7. The van der Waals surface area contributed by atoms with Gasteiger partial charge >= 0.3 is 12.0 Å². The van der Waals surface area contributed by atoms with Crippen LogP contribution >= 0.6 is 0 Å². The van der Waals surface area contributed by atoms with Crippen molar-refractivity contribution in [3.8, 4) is 0 Å². The van der Waals surface area contributed by atoms with E-state index in [0.29, 0.717) is 5.69 Å². The fraction of sp³-hybridized carbons (Fsp3) is 0.0476. The summed E-state index contributed by atoms with van der Waals surface area (Å²) >= 11 is 0. The molecule has 3 N–H and O–H groups in total. The molecule has 1 heterocycles. The molecule has 0 spiro atoms. The molecule has 3 aromatic rings. The average Bonchev–Trinajstić information content (AvgIpc) is 2.71. The molecule has 0 fully saturated rings. The maximum atomic E-state index is 12.7. The van der Waals surface area contributed by atoms with Crippen LogP contribution in [0, 0.1) is 12.7 Å². The minimum Gasteiger partial charge on any atom is -0.478 e. The molecule has 0 saturated heterocycles. The minimum absolute atomic E-state index is 0.0363. The third-order valence-electron chi connectivity index (χ3n) is 3.51. The lowest BCUT2D eigenvalue weighted by atomic mass is 10.1. The molecule has 29 heavy (non-hydrogen) atoms. The first-order valence-electron chi connectivity index (χ1n) is 8.44. The van der Waals surface area contributed by atoms with Crippen LogP contribution in [-0.2, 0) is 0 Å². The van der Waals surface area contributed by atoms with Crippen molar-refractivity contribution in [1.82, 2.24) is 10.3 Å². The number of carbonyl (C=O) groups is 3. The fourth-order valence-electron chi connectivity index (χ4n) is 2.11. The van der Waals surface area contributed by atoms with Gasteiger partial charge in [-0.05, 0) is 61.5 Å².